The third-order valence-electron chi connectivity index (χ3n) is 5.21. The number of allylic oxidation sites excluding steroid dienone is 3. The summed E-state index contributed by atoms with van der Waals surface area (Å²) < 4.78 is 7.17. The van der Waals surface area contributed by atoms with Crippen LogP contribution in [-0.2, 0) is 4.74 Å². The Labute approximate surface area is 185 Å². The number of nitrogens with zero attached hydrogens (tertiary/aromatic N) is 4. The average Bonchev–Trinajstić information content (AvgIpc) is 3.42. The molecule has 1 aromatic rings. The molecule has 0 aromatic carbocycles. The number of alkyl halides is 2. The van der Waals surface area contributed by atoms with E-state index in [1.165, 1.54) is 0 Å². The van der Waals surface area contributed by atoms with Crippen LogP contribution in [0.25, 0.3) is 0 Å². The highest BCUT2D eigenvalue weighted by Crippen LogP contribution is 2.23. The summed E-state index contributed by atoms with van der Waals surface area (Å²) in [5.74, 6) is 1.22. The molecule has 0 saturated carbocycles. The highest BCUT2D eigenvalue weighted by atomic mass is 35.5. The molecule has 1 unspecified atom stereocenters. The van der Waals surface area contributed by atoms with E-state index in [0.717, 1.165) is 24.4 Å². The quantitative estimate of drug-likeness (QED) is 0.685. The van der Waals surface area contributed by atoms with Gasteiger partial charge in [-0.25, -0.2) is 4.98 Å². The number of hydrogen-bond acceptors (Lipinski definition) is 6. The van der Waals surface area contributed by atoms with Crippen molar-refractivity contribution in [3.05, 3.63) is 42.0 Å². The van der Waals surface area contributed by atoms with Gasteiger partial charge < -0.3 is 15.4 Å². The molecule has 3 aliphatic rings. The topological polar surface area (TPSA) is 92.9 Å². The Kier molecular flexibility index (Phi) is 6.55. The molecular formula is C20H24Cl2N6O2. The van der Waals surface area contributed by atoms with E-state index in [1.54, 1.807) is 17.1 Å². The van der Waals surface area contributed by atoms with Crippen LogP contribution < -0.4 is 10.6 Å². The van der Waals surface area contributed by atoms with Crippen molar-refractivity contribution in [3.8, 4) is 0 Å². The Morgan fingerprint density at radius 3 is 3.07 bits per heavy atom. The van der Waals surface area contributed by atoms with E-state index in [0.29, 0.717) is 31.3 Å². The van der Waals surface area contributed by atoms with Crippen LogP contribution in [0.15, 0.2) is 46.3 Å². The molecular weight excluding hydrogens is 427 g/mol. The Morgan fingerprint density at radius 2 is 2.27 bits per heavy atom. The maximum Gasteiger partial charge on any atom is 0.271 e. The monoisotopic (exact) mass is 450 g/mol. The predicted octanol–water partition coefficient (Wildman–Crippen LogP) is 1.95. The molecule has 0 radical (unpaired) electrons. The van der Waals surface area contributed by atoms with Crippen molar-refractivity contribution in [1.29, 1.82) is 0 Å². The Bertz CT molecular complexity index is 916. The summed E-state index contributed by atoms with van der Waals surface area (Å²) in [6, 6.07) is 0.230. The minimum Gasteiger partial charge on any atom is -0.379 e. The zero-order chi connectivity index (χ0) is 21.1. The van der Waals surface area contributed by atoms with E-state index < -0.39 is 0 Å². The second-order valence-corrected chi connectivity index (χ2v) is 8.54. The highest BCUT2D eigenvalue weighted by Gasteiger charge is 2.24. The number of hydrogen-bond donors (Lipinski definition) is 2. The van der Waals surface area contributed by atoms with Gasteiger partial charge in [0.05, 0.1) is 29.9 Å². The SMILES string of the molecule is C[C@@H]1CN=C(N[C@H]2CCOC2)N=C1n1cnc(C(=O)NCC2=CC=CC(Cl)[C@@H]2Cl)c1. The van der Waals surface area contributed by atoms with Crippen LogP contribution >= 0.6 is 23.2 Å². The molecule has 1 saturated heterocycles. The third-order valence-corrected chi connectivity index (χ3v) is 6.29. The molecule has 3 heterocycles. The van der Waals surface area contributed by atoms with Crippen LogP contribution in [0.2, 0.25) is 0 Å². The van der Waals surface area contributed by atoms with Crippen LogP contribution in [0, 0.1) is 5.92 Å². The van der Waals surface area contributed by atoms with E-state index in [-0.39, 0.29) is 28.6 Å². The molecule has 10 heteroatoms. The lowest BCUT2D eigenvalue weighted by molar-refractivity contribution is 0.0952. The van der Waals surface area contributed by atoms with E-state index >= 15 is 0 Å². The van der Waals surface area contributed by atoms with Crippen molar-refractivity contribution in [2.24, 2.45) is 15.9 Å². The van der Waals surface area contributed by atoms with Crippen molar-refractivity contribution in [2.75, 3.05) is 26.3 Å². The zero-order valence-electron chi connectivity index (χ0n) is 16.6. The Balaban J connectivity index is 1.40. The summed E-state index contributed by atoms with van der Waals surface area (Å²) in [7, 11) is 0. The number of carbonyl (C=O) groups excluding carboxylic acids is 1. The summed E-state index contributed by atoms with van der Waals surface area (Å²) in [6.07, 6.45) is 9.77. The molecule has 1 aromatic heterocycles. The first-order valence-electron chi connectivity index (χ1n) is 9.96. The lowest BCUT2D eigenvalue weighted by Gasteiger charge is -2.21. The molecule has 2 N–H and O–H groups in total. The fraction of sp³-hybridized carbons (Fsp3) is 0.500. The van der Waals surface area contributed by atoms with Gasteiger partial charge in [-0.3, -0.25) is 14.4 Å². The van der Waals surface area contributed by atoms with Crippen molar-refractivity contribution >= 4 is 40.9 Å². The summed E-state index contributed by atoms with van der Waals surface area (Å²) in [4.78, 5) is 25.9. The van der Waals surface area contributed by atoms with Gasteiger partial charge in [0.2, 0.25) is 5.96 Å². The number of amides is 1. The van der Waals surface area contributed by atoms with Gasteiger partial charge in [0.25, 0.3) is 5.91 Å². The standard InChI is InChI=1S/C20H24Cl2N6O2/c1-12-7-24-20(26-14-5-6-30-10-14)27-18(12)28-9-16(25-11-28)19(29)23-8-13-3-2-4-15(21)17(13)22/h2-4,9,11-12,14-15,17H,5-8,10H2,1H3,(H,23,29)(H,24,26)/t12-,14+,15?,17-/m1/s1. The molecule has 2 aliphatic heterocycles. The minimum absolute atomic E-state index is 0.109. The van der Waals surface area contributed by atoms with Gasteiger partial charge in [0.15, 0.2) is 0 Å². The maximum absolute atomic E-state index is 12.5. The largest absolute Gasteiger partial charge is 0.379 e. The van der Waals surface area contributed by atoms with Gasteiger partial charge >= 0.3 is 0 Å². The van der Waals surface area contributed by atoms with Crippen LogP contribution in [0.5, 0.6) is 0 Å². The van der Waals surface area contributed by atoms with Crippen molar-refractivity contribution < 1.29 is 9.53 Å². The van der Waals surface area contributed by atoms with E-state index in [9.17, 15) is 4.79 Å². The van der Waals surface area contributed by atoms with Gasteiger partial charge in [0.1, 0.15) is 17.9 Å². The van der Waals surface area contributed by atoms with E-state index in [1.807, 2.05) is 25.2 Å². The molecule has 1 amide bonds. The fourth-order valence-electron chi connectivity index (χ4n) is 3.45. The van der Waals surface area contributed by atoms with Gasteiger partial charge in [-0.2, -0.15) is 4.99 Å². The van der Waals surface area contributed by atoms with E-state index in [2.05, 4.69) is 25.6 Å². The molecule has 8 nitrogen and oxygen atoms in total. The van der Waals surface area contributed by atoms with Crippen LogP contribution in [0.1, 0.15) is 23.8 Å². The number of guanidine groups is 1. The maximum atomic E-state index is 12.5. The number of imidazole rings is 1. The number of aromatic nitrogens is 2. The molecule has 30 heavy (non-hydrogen) atoms. The van der Waals surface area contributed by atoms with Crippen molar-refractivity contribution in [2.45, 2.75) is 30.1 Å². The van der Waals surface area contributed by atoms with Crippen LogP contribution in [0.3, 0.4) is 0 Å². The highest BCUT2D eigenvalue weighted by molar-refractivity contribution is 6.32. The predicted molar refractivity (Wildman–Crippen MR) is 118 cm³/mol. The number of carbonyl (C=O) groups is 1. The number of nitrogens with one attached hydrogen (secondary N) is 2. The number of ether oxygens (including phenoxy) is 1. The molecule has 4 rings (SSSR count). The summed E-state index contributed by atoms with van der Waals surface area (Å²) in [5.41, 5.74) is 1.17. The van der Waals surface area contributed by atoms with Crippen LogP contribution in [-0.4, -0.2) is 70.4 Å². The van der Waals surface area contributed by atoms with Crippen molar-refractivity contribution in [3.63, 3.8) is 0 Å². The van der Waals surface area contributed by atoms with Gasteiger partial charge in [-0.05, 0) is 12.0 Å². The summed E-state index contributed by atoms with van der Waals surface area (Å²) >= 11 is 12.4. The lowest BCUT2D eigenvalue weighted by atomic mass is 10.0. The van der Waals surface area contributed by atoms with Crippen LogP contribution in [0.4, 0.5) is 0 Å². The molecule has 160 valence electrons. The van der Waals surface area contributed by atoms with Crippen molar-refractivity contribution in [1.82, 2.24) is 20.2 Å². The average molecular weight is 451 g/mol. The molecule has 1 fully saturated rings. The smallest absolute Gasteiger partial charge is 0.271 e. The molecule has 4 atom stereocenters. The minimum atomic E-state index is -0.345. The van der Waals surface area contributed by atoms with Gasteiger partial charge in [0, 0.05) is 25.3 Å². The molecule has 0 spiro atoms. The fourth-order valence-corrected chi connectivity index (χ4v) is 3.93. The second-order valence-electron chi connectivity index (χ2n) is 7.56. The zero-order valence-corrected chi connectivity index (χ0v) is 18.1. The Hall–Kier alpha value is -2.16. The summed E-state index contributed by atoms with van der Waals surface area (Å²) in [6.45, 7) is 4.39. The summed E-state index contributed by atoms with van der Waals surface area (Å²) in [5, 5.41) is 5.55. The third kappa shape index (κ3) is 4.77. The number of halogens is 2. The first kappa shape index (κ1) is 21.1. The lowest BCUT2D eigenvalue weighted by Crippen LogP contribution is -2.38. The van der Waals surface area contributed by atoms with E-state index in [4.69, 9.17) is 27.9 Å². The number of aliphatic imine (C=N–C) groups is 2. The normalized spacial score (nSPS) is 28.6. The van der Waals surface area contributed by atoms with Gasteiger partial charge in [-0.1, -0.05) is 25.2 Å². The number of rotatable bonds is 4. The molecule has 1 aliphatic carbocycles. The second kappa shape index (κ2) is 9.32. The first-order chi connectivity index (χ1) is 14.5. The first-order valence-corrected chi connectivity index (χ1v) is 10.8. The van der Waals surface area contributed by atoms with Gasteiger partial charge in [-0.15, -0.1) is 23.2 Å². The molecule has 0 bridgehead atoms. The Morgan fingerprint density at radius 1 is 1.40 bits per heavy atom.